The first-order valence-corrected chi connectivity index (χ1v) is 3.51. The normalized spacial score (nSPS) is 9.88. The fourth-order valence-corrected chi connectivity index (χ4v) is 1.22. The van der Waals surface area contributed by atoms with Crippen molar-refractivity contribution in [2.45, 2.75) is 0 Å². The van der Waals surface area contributed by atoms with Crippen LogP contribution in [0.2, 0.25) is 5.15 Å². The van der Waals surface area contributed by atoms with Gasteiger partial charge in [-0.2, -0.15) is 5.10 Å². The number of halogens is 2. The summed E-state index contributed by atoms with van der Waals surface area (Å²) < 4.78 is 2.77. The molecule has 1 aromatic rings. The molecule has 4 heteroatoms. The molecule has 0 unspecified atom stereocenters. The Labute approximate surface area is 66.0 Å². The van der Waals surface area contributed by atoms with Crippen LogP contribution in [0.3, 0.4) is 0 Å². The quantitative estimate of drug-likeness (QED) is 0.633. The van der Waals surface area contributed by atoms with E-state index in [-0.39, 0.29) is 0 Å². The average molecular weight is 242 g/mol. The van der Waals surface area contributed by atoms with Gasteiger partial charge in [0, 0.05) is 13.1 Å². The Bertz CT molecular complexity index is 176. The van der Waals surface area contributed by atoms with Crippen molar-refractivity contribution in [1.29, 1.82) is 0 Å². The topological polar surface area (TPSA) is 17.8 Å². The van der Waals surface area contributed by atoms with E-state index in [1.54, 1.807) is 4.68 Å². The van der Waals surface area contributed by atoms with E-state index in [4.69, 9.17) is 11.6 Å². The van der Waals surface area contributed by atoms with E-state index >= 15 is 0 Å². The van der Waals surface area contributed by atoms with Gasteiger partial charge in [0.2, 0.25) is 0 Å². The predicted molar refractivity (Wildman–Crippen MR) is 40.9 cm³/mol. The van der Waals surface area contributed by atoms with Gasteiger partial charge in [0.05, 0.1) is 0 Å². The molecule has 0 aliphatic heterocycles. The summed E-state index contributed by atoms with van der Waals surface area (Å²) in [6, 6.07) is 1.81. The molecule has 0 saturated carbocycles. The molecule has 1 heterocycles. The van der Waals surface area contributed by atoms with Crippen LogP contribution in [0.1, 0.15) is 0 Å². The molecule has 0 amide bonds. The molecule has 0 radical (unpaired) electrons. The third-order valence-electron chi connectivity index (χ3n) is 0.793. The van der Waals surface area contributed by atoms with Crippen molar-refractivity contribution in [2.24, 2.45) is 7.05 Å². The predicted octanol–water partition coefficient (Wildman–Crippen LogP) is 1.68. The third kappa shape index (κ3) is 1.14. The molecular weight excluding hydrogens is 238 g/mol. The van der Waals surface area contributed by atoms with Crippen LogP contribution in [0.25, 0.3) is 0 Å². The number of hydrogen-bond donors (Lipinski definition) is 0. The van der Waals surface area contributed by atoms with Gasteiger partial charge in [-0.15, -0.1) is 0 Å². The molecule has 0 atom stereocenters. The number of rotatable bonds is 0. The second-order valence-electron chi connectivity index (χ2n) is 1.41. The minimum atomic E-state index is 0.553. The molecule has 1 aromatic heterocycles. The van der Waals surface area contributed by atoms with E-state index in [1.807, 2.05) is 13.1 Å². The minimum absolute atomic E-state index is 0.553. The lowest BCUT2D eigenvalue weighted by atomic mass is 10.7. The van der Waals surface area contributed by atoms with Gasteiger partial charge in [-0.1, -0.05) is 11.6 Å². The molecule has 0 aromatic carbocycles. The lowest BCUT2D eigenvalue weighted by molar-refractivity contribution is 0.748. The van der Waals surface area contributed by atoms with Crippen molar-refractivity contribution >= 4 is 34.2 Å². The lowest BCUT2D eigenvalue weighted by Crippen LogP contribution is -1.90. The largest absolute Gasteiger partial charge is 0.261 e. The highest BCUT2D eigenvalue weighted by Gasteiger charge is 1.95. The summed E-state index contributed by atoms with van der Waals surface area (Å²) >= 11 is 7.69. The number of nitrogens with zero attached hydrogens (tertiary/aromatic N) is 2. The van der Waals surface area contributed by atoms with Crippen LogP contribution in [0, 0.1) is 3.70 Å². The van der Waals surface area contributed by atoms with Crippen molar-refractivity contribution in [3.63, 3.8) is 0 Å². The van der Waals surface area contributed by atoms with Crippen molar-refractivity contribution < 1.29 is 0 Å². The van der Waals surface area contributed by atoms with Crippen molar-refractivity contribution in [2.75, 3.05) is 0 Å². The molecule has 2 nitrogen and oxygen atoms in total. The van der Waals surface area contributed by atoms with Crippen LogP contribution < -0.4 is 0 Å². The van der Waals surface area contributed by atoms with Crippen LogP contribution in [0.4, 0.5) is 0 Å². The van der Waals surface area contributed by atoms with Crippen molar-refractivity contribution in [3.05, 3.63) is 14.9 Å². The molecule has 44 valence electrons. The maximum Gasteiger partial charge on any atom is 0.152 e. The Morgan fingerprint density at radius 3 is 2.62 bits per heavy atom. The van der Waals surface area contributed by atoms with E-state index in [0.717, 1.165) is 3.70 Å². The summed E-state index contributed by atoms with van der Waals surface area (Å²) in [6.07, 6.45) is 0. The van der Waals surface area contributed by atoms with E-state index in [1.165, 1.54) is 0 Å². The van der Waals surface area contributed by atoms with Gasteiger partial charge in [0.15, 0.2) is 5.15 Å². The summed E-state index contributed by atoms with van der Waals surface area (Å²) in [7, 11) is 1.85. The van der Waals surface area contributed by atoms with Gasteiger partial charge in [-0.3, -0.25) is 4.68 Å². The van der Waals surface area contributed by atoms with Crippen LogP contribution in [0.15, 0.2) is 6.07 Å². The first kappa shape index (κ1) is 6.35. The molecule has 0 saturated heterocycles. The van der Waals surface area contributed by atoms with E-state index in [9.17, 15) is 0 Å². The van der Waals surface area contributed by atoms with Crippen molar-refractivity contribution in [3.8, 4) is 0 Å². The maximum absolute atomic E-state index is 5.53. The molecular formula is C4H4ClIN2. The lowest BCUT2D eigenvalue weighted by Gasteiger charge is -1.85. The van der Waals surface area contributed by atoms with Gasteiger partial charge < -0.3 is 0 Å². The SMILES string of the molecule is Cn1nc(Cl)cc1I. The molecule has 0 fully saturated rings. The highest BCUT2D eigenvalue weighted by molar-refractivity contribution is 14.1. The molecule has 0 aliphatic rings. The van der Waals surface area contributed by atoms with Crippen LogP contribution in [0.5, 0.6) is 0 Å². The standard InChI is InChI=1S/C4H4ClIN2/c1-8-4(6)2-3(5)7-8/h2H,1H3. The van der Waals surface area contributed by atoms with E-state index < -0.39 is 0 Å². The van der Waals surface area contributed by atoms with Crippen LogP contribution in [-0.4, -0.2) is 9.78 Å². The summed E-state index contributed by atoms with van der Waals surface area (Å²) in [5.74, 6) is 0. The fraction of sp³-hybridized carbons (Fsp3) is 0.250. The summed E-state index contributed by atoms with van der Waals surface area (Å²) in [4.78, 5) is 0. The average Bonchev–Trinajstić information content (AvgIpc) is 1.85. The molecule has 0 N–H and O–H groups in total. The van der Waals surface area contributed by atoms with Gasteiger partial charge in [-0.05, 0) is 22.6 Å². The second-order valence-corrected chi connectivity index (χ2v) is 2.91. The van der Waals surface area contributed by atoms with Gasteiger partial charge in [0.1, 0.15) is 3.70 Å². The molecule has 1 rings (SSSR count). The molecule has 8 heavy (non-hydrogen) atoms. The zero-order valence-corrected chi connectivity index (χ0v) is 7.14. The van der Waals surface area contributed by atoms with Gasteiger partial charge in [-0.25, -0.2) is 0 Å². The molecule has 0 spiro atoms. The monoisotopic (exact) mass is 242 g/mol. The first-order chi connectivity index (χ1) is 3.70. The highest BCUT2D eigenvalue weighted by Crippen LogP contribution is 2.09. The Morgan fingerprint density at radius 1 is 1.88 bits per heavy atom. The highest BCUT2D eigenvalue weighted by atomic mass is 127. The fourth-order valence-electron chi connectivity index (χ4n) is 0.412. The van der Waals surface area contributed by atoms with Gasteiger partial charge in [0.25, 0.3) is 0 Å². The first-order valence-electron chi connectivity index (χ1n) is 2.05. The maximum atomic E-state index is 5.53. The molecule has 0 bridgehead atoms. The second kappa shape index (κ2) is 2.23. The van der Waals surface area contributed by atoms with Crippen LogP contribution in [-0.2, 0) is 7.05 Å². The van der Waals surface area contributed by atoms with E-state index in [0.29, 0.717) is 5.15 Å². The third-order valence-corrected chi connectivity index (χ3v) is 1.99. The summed E-state index contributed by atoms with van der Waals surface area (Å²) in [5, 5.41) is 4.44. The molecule has 0 aliphatic carbocycles. The Morgan fingerprint density at radius 2 is 2.50 bits per heavy atom. The summed E-state index contributed by atoms with van der Waals surface area (Å²) in [6.45, 7) is 0. The number of aryl methyl sites for hydroxylation is 1. The van der Waals surface area contributed by atoms with E-state index in [2.05, 4.69) is 27.7 Å². The number of hydrogen-bond acceptors (Lipinski definition) is 1. The zero-order chi connectivity index (χ0) is 6.15. The Kier molecular flexibility index (Phi) is 1.77. The zero-order valence-electron chi connectivity index (χ0n) is 4.23. The number of aromatic nitrogens is 2. The summed E-state index contributed by atoms with van der Waals surface area (Å²) in [5.41, 5.74) is 0. The minimum Gasteiger partial charge on any atom is -0.261 e. The smallest absolute Gasteiger partial charge is 0.152 e. The Balaban J connectivity index is 3.14. The van der Waals surface area contributed by atoms with Gasteiger partial charge >= 0.3 is 0 Å². The van der Waals surface area contributed by atoms with Crippen molar-refractivity contribution in [1.82, 2.24) is 9.78 Å². The Hall–Kier alpha value is 0.230. The van der Waals surface area contributed by atoms with Crippen LogP contribution >= 0.6 is 34.2 Å².